The molecule has 0 spiro atoms. The van der Waals surface area contributed by atoms with Crippen molar-refractivity contribution in [1.82, 2.24) is 10.1 Å². The topological polar surface area (TPSA) is 59.5 Å². The van der Waals surface area contributed by atoms with Crippen LogP contribution in [0.3, 0.4) is 0 Å². The summed E-state index contributed by atoms with van der Waals surface area (Å²) in [5.74, 6) is 0.900. The Kier molecular flexibility index (Phi) is 3.69. The van der Waals surface area contributed by atoms with Crippen LogP contribution in [0.15, 0.2) is 57.7 Å². The minimum Gasteiger partial charge on any atom is -0.467 e. The molecule has 3 aromatic rings. The molecule has 0 bridgehead atoms. The summed E-state index contributed by atoms with van der Waals surface area (Å²) in [7, 11) is 0. The third kappa shape index (κ3) is 2.97. The van der Waals surface area contributed by atoms with Gasteiger partial charge in [0.25, 0.3) is 5.91 Å². The molecule has 24 heavy (non-hydrogen) atoms. The molecule has 0 N–H and O–H groups in total. The number of amides is 1. The lowest BCUT2D eigenvalue weighted by molar-refractivity contribution is 0.0675. The Bertz CT molecular complexity index is 830. The molecule has 0 aliphatic heterocycles. The molecule has 0 atom stereocenters. The summed E-state index contributed by atoms with van der Waals surface area (Å²) < 4.78 is 10.7. The summed E-state index contributed by atoms with van der Waals surface area (Å²) in [6, 6.07) is 13.7. The number of benzene rings is 1. The second-order valence-corrected chi connectivity index (χ2v) is 6.19. The van der Waals surface area contributed by atoms with E-state index >= 15 is 0 Å². The summed E-state index contributed by atoms with van der Waals surface area (Å²) in [6.07, 6.45) is 3.66. The van der Waals surface area contributed by atoms with Gasteiger partial charge in [0.2, 0.25) is 5.76 Å². The average molecular weight is 322 g/mol. The molecule has 2 heterocycles. The molecular formula is C19H18N2O3. The molecule has 0 unspecified atom stereocenters. The second-order valence-electron chi connectivity index (χ2n) is 6.19. The van der Waals surface area contributed by atoms with E-state index in [2.05, 4.69) is 5.16 Å². The molecule has 2 aromatic heterocycles. The van der Waals surface area contributed by atoms with E-state index in [1.165, 1.54) is 5.56 Å². The standard InChI is InChI=1S/C19H18N2O3/c1-13-4-6-14(7-5-13)17-11-18(24-20-17)19(22)21(15-8-9-15)12-16-3-2-10-23-16/h2-7,10-11,15H,8-9,12H2,1H3. The first-order valence-electron chi connectivity index (χ1n) is 8.08. The van der Waals surface area contributed by atoms with Gasteiger partial charge in [0.15, 0.2) is 0 Å². The van der Waals surface area contributed by atoms with Gasteiger partial charge in [0.1, 0.15) is 11.5 Å². The van der Waals surface area contributed by atoms with E-state index in [0.717, 1.165) is 24.2 Å². The van der Waals surface area contributed by atoms with Gasteiger partial charge in [0, 0.05) is 17.7 Å². The fourth-order valence-electron chi connectivity index (χ4n) is 2.70. The first kappa shape index (κ1) is 14.8. The Hall–Kier alpha value is -2.82. The molecule has 1 amide bonds. The molecule has 1 aliphatic rings. The van der Waals surface area contributed by atoms with Crippen LogP contribution in [-0.2, 0) is 6.54 Å². The number of aryl methyl sites for hydroxylation is 1. The van der Waals surface area contributed by atoms with Crippen LogP contribution in [0.2, 0.25) is 0 Å². The summed E-state index contributed by atoms with van der Waals surface area (Å²) in [6.45, 7) is 2.49. The number of carbonyl (C=O) groups excluding carboxylic acids is 1. The fourth-order valence-corrected chi connectivity index (χ4v) is 2.70. The van der Waals surface area contributed by atoms with Crippen LogP contribution < -0.4 is 0 Å². The summed E-state index contributed by atoms with van der Waals surface area (Å²) in [4.78, 5) is 14.6. The zero-order chi connectivity index (χ0) is 16.5. The average Bonchev–Trinajstić information content (AvgIpc) is 3.10. The Morgan fingerprint density at radius 1 is 1.25 bits per heavy atom. The van der Waals surface area contributed by atoms with E-state index in [1.54, 1.807) is 17.2 Å². The highest BCUT2D eigenvalue weighted by molar-refractivity contribution is 5.92. The molecule has 0 radical (unpaired) electrons. The predicted octanol–water partition coefficient (Wildman–Crippen LogP) is 4.05. The molecule has 5 nitrogen and oxygen atoms in total. The van der Waals surface area contributed by atoms with E-state index in [0.29, 0.717) is 12.2 Å². The normalized spacial score (nSPS) is 13.9. The van der Waals surface area contributed by atoms with Crippen molar-refractivity contribution < 1.29 is 13.7 Å². The lowest BCUT2D eigenvalue weighted by atomic mass is 10.1. The number of furan rings is 1. The molecular weight excluding hydrogens is 304 g/mol. The third-order valence-electron chi connectivity index (χ3n) is 4.22. The quantitative estimate of drug-likeness (QED) is 0.711. The van der Waals surface area contributed by atoms with E-state index in [9.17, 15) is 4.79 Å². The van der Waals surface area contributed by atoms with Gasteiger partial charge in [-0.1, -0.05) is 35.0 Å². The van der Waals surface area contributed by atoms with E-state index < -0.39 is 0 Å². The molecule has 5 heteroatoms. The van der Waals surface area contributed by atoms with Gasteiger partial charge in [-0.3, -0.25) is 4.79 Å². The highest BCUT2D eigenvalue weighted by Gasteiger charge is 2.35. The highest BCUT2D eigenvalue weighted by atomic mass is 16.5. The maximum Gasteiger partial charge on any atom is 0.293 e. The number of rotatable bonds is 5. The van der Waals surface area contributed by atoms with Crippen LogP contribution >= 0.6 is 0 Å². The van der Waals surface area contributed by atoms with Crippen molar-refractivity contribution in [2.45, 2.75) is 32.4 Å². The van der Waals surface area contributed by atoms with Crippen molar-refractivity contribution in [3.8, 4) is 11.3 Å². The van der Waals surface area contributed by atoms with E-state index in [4.69, 9.17) is 8.94 Å². The largest absolute Gasteiger partial charge is 0.467 e. The smallest absolute Gasteiger partial charge is 0.293 e. The van der Waals surface area contributed by atoms with E-state index in [1.807, 2.05) is 43.3 Å². The van der Waals surface area contributed by atoms with Crippen molar-refractivity contribution in [2.24, 2.45) is 0 Å². The maximum atomic E-state index is 12.8. The minimum atomic E-state index is -0.139. The number of aromatic nitrogens is 1. The number of hydrogen-bond donors (Lipinski definition) is 0. The highest BCUT2D eigenvalue weighted by Crippen LogP contribution is 2.30. The van der Waals surface area contributed by atoms with Gasteiger partial charge in [-0.2, -0.15) is 0 Å². The number of carbonyl (C=O) groups is 1. The first-order chi connectivity index (χ1) is 11.7. The van der Waals surface area contributed by atoms with Crippen molar-refractivity contribution in [3.63, 3.8) is 0 Å². The molecule has 4 rings (SSSR count). The van der Waals surface area contributed by atoms with Crippen LogP contribution in [0.25, 0.3) is 11.3 Å². The Balaban J connectivity index is 1.56. The van der Waals surface area contributed by atoms with Crippen molar-refractivity contribution >= 4 is 5.91 Å². The molecule has 122 valence electrons. The van der Waals surface area contributed by atoms with Crippen LogP contribution in [0.1, 0.15) is 34.7 Å². The molecule has 1 fully saturated rings. The van der Waals surface area contributed by atoms with Crippen molar-refractivity contribution in [1.29, 1.82) is 0 Å². The van der Waals surface area contributed by atoms with Crippen molar-refractivity contribution in [2.75, 3.05) is 0 Å². The van der Waals surface area contributed by atoms with Crippen LogP contribution in [-0.4, -0.2) is 22.0 Å². The Labute approximate surface area is 139 Å². The fraction of sp³-hybridized carbons (Fsp3) is 0.263. The summed E-state index contributed by atoms with van der Waals surface area (Å²) in [5.41, 5.74) is 2.79. The van der Waals surface area contributed by atoms with Gasteiger partial charge in [0.05, 0.1) is 12.8 Å². The monoisotopic (exact) mass is 322 g/mol. The number of hydrogen-bond acceptors (Lipinski definition) is 4. The molecule has 0 saturated heterocycles. The van der Waals surface area contributed by atoms with Gasteiger partial charge >= 0.3 is 0 Å². The molecule has 1 aliphatic carbocycles. The Morgan fingerprint density at radius 3 is 2.71 bits per heavy atom. The lowest BCUT2D eigenvalue weighted by Crippen LogP contribution is -2.32. The number of nitrogens with zero attached hydrogens (tertiary/aromatic N) is 2. The van der Waals surface area contributed by atoms with Gasteiger partial charge in [-0.05, 0) is 31.9 Å². The van der Waals surface area contributed by atoms with Crippen molar-refractivity contribution in [3.05, 3.63) is 65.8 Å². The van der Waals surface area contributed by atoms with Crippen LogP contribution in [0.4, 0.5) is 0 Å². The van der Waals surface area contributed by atoms with Gasteiger partial charge < -0.3 is 13.8 Å². The predicted molar refractivity (Wildman–Crippen MR) is 88.3 cm³/mol. The SMILES string of the molecule is Cc1ccc(-c2cc(C(=O)N(Cc3ccco3)C3CC3)on2)cc1. The van der Waals surface area contributed by atoms with Crippen LogP contribution in [0, 0.1) is 6.92 Å². The summed E-state index contributed by atoms with van der Waals surface area (Å²) in [5, 5.41) is 4.05. The van der Waals surface area contributed by atoms with Gasteiger partial charge in [-0.15, -0.1) is 0 Å². The van der Waals surface area contributed by atoms with Gasteiger partial charge in [-0.25, -0.2) is 0 Å². The minimum absolute atomic E-state index is 0.139. The maximum absolute atomic E-state index is 12.8. The molecule has 1 aromatic carbocycles. The zero-order valence-corrected chi connectivity index (χ0v) is 13.4. The lowest BCUT2D eigenvalue weighted by Gasteiger charge is -2.19. The van der Waals surface area contributed by atoms with Crippen LogP contribution in [0.5, 0.6) is 0 Å². The molecule has 1 saturated carbocycles. The first-order valence-corrected chi connectivity index (χ1v) is 8.08. The third-order valence-corrected chi connectivity index (χ3v) is 4.22. The van der Waals surface area contributed by atoms with E-state index in [-0.39, 0.29) is 17.7 Å². The zero-order valence-electron chi connectivity index (χ0n) is 13.4. The Morgan fingerprint density at radius 2 is 2.04 bits per heavy atom. The summed E-state index contributed by atoms with van der Waals surface area (Å²) >= 11 is 0. The second kappa shape index (κ2) is 6.00.